The fourth-order valence-corrected chi connectivity index (χ4v) is 2.81. The highest BCUT2D eigenvalue weighted by Crippen LogP contribution is 2.29. The molecule has 1 atom stereocenters. The second-order valence-corrected chi connectivity index (χ2v) is 6.59. The third-order valence-corrected chi connectivity index (χ3v) is 4.43. The number of hydrogen-bond donors (Lipinski definition) is 2. The van der Waals surface area contributed by atoms with E-state index in [1.54, 1.807) is 24.3 Å². The van der Waals surface area contributed by atoms with Crippen LogP contribution in [0.1, 0.15) is 27.7 Å². The number of hydrogen-bond acceptors (Lipinski definition) is 6. The van der Waals surface area contributed by atoms with Crippen LogP contribution in [0.4, 0.5) is 5.69 Å². The molecule has 0 aliphatic heterocycles. The van der Waals surface area contributed by atoms with Gasteiger partial charge in [0.15, 0.2) is 0 Å². The molecule has 3 aromatic rings. The van der Waals surface area contributed by atoms with Crippen LogP contribution in [0.15, 0.2) is 65.9 Å². The first-order chi connectivity index (χ1) is 14.5. The van der Waals surface area contributed by atoms with Crippen molar-refractivity contribution < 1.29 is 14.3 Å². The Morgan fingerprint density at radius 1 is 1.10 bits per heavy atom. The number of rotatable bonds is 6. The number of nitrogens with one attached hydrogen (secondary N) is 1. The monoisotopic (exact) mass is 425 g/mol. The zero-order valence-corrected chi connectivity index (χ0v) is 17.1. The van der Waals surface area contributed by atoms with E-state index in [9.17, 15) is 4.79 Å². The number of aliphatic imine (C=N–C) groups is 1. The maximum Gasteiger partial charge on any atom is 0.282 e. The normalized spacial score (nSPS) is 12.2. The molecule has 0 spiro atoms. The molecule has 0 bridgehead atoms. The van der Waals surface area contributed by atoms with E-state index in [0.717, 1.165) is 11.1 Å². The van der Waals surface area contributed by atoms with Gasteiger partial charge in [-0.05, 0) is 35.4 Å². The van der Waals surface area contributed by atoms with Gasteiger partial charge in [-0.1, -0.05) is 35.9 Å². The van der Waals surface area contributed by atoms with Crippen molar-refractivity contribution in [2.45, 2.75) is 6.04 Å². The Balaban J connectivity index is 1.88. The Hall–Kier alpha value is -3.65. The molecule has 0 saturated heterocycles. The summed E-state index contributed by atoms with van der Waals surface area (Å²) in [6, 6.07) is 14.1. The van der Waals surface area contributed by atoms with E-state index >= 15 is 0 Å². The number of amidine groups is 1. The molecule has 0 radical (unpaired) electrons. The third-order valence-electron chi connectivity index (χ3n) is 4.18. The summed E-state index contributed by atoms with van der Waals surface area (Å²) in [4.78, 5) is 25.0. The molecular formula is C21H20ClN5O3. The molecule has 1 unspecified atom stereocenters. The van der Waals surface area contributed by atoms with Gasteiger partial charge in [0.2, 0.25) is 5.88 Å². The quantitative estimate of drug-likeness (QED) is 0.462. The van der Waals surface area contributed by atoms with Gasteiger partial charge >= 0.3 is 0 Å². The lowest BCUT2D eigenvalue weighted by Crippen LogP contribution is -2.16. The van der Waals surface area contributed by atoms with Gasteiger partial charge in [-0.3, -0.25) is 4.79 Å². The van der Waals surface area contributed by atoms with Gasteiger partial charge < -0.3 is 20.5 Å². The number of halogens is 1. The number of methoxy groups -OCH3 is 2. The van der Waals surface area contributed by atoms with Crippen molar-refractivity contribution in [2.24, 2.45) is 10.7 Å². The minimum absolute atomic E-state index is 0.0397. The number of carbonyl (C=O) groups is 1. The molecule has 0 aliphatic rings. The standard InChI is InChI=1S/C21H20ClN5O3/c1-29-18-12-24-17(11-25-18)20(28)26-16-5-3-4-14(10-16)19(27-21(23)30-2)13-6-8-15(22)9-7-13/h3-12,19H,1-2H3,(H2,23,27)(H,26,28). The Morgan fingerprint density at radius 3 is 2.50 bits per heavy atom. The van der Waals surface area contributed by atoms with Gasteiger partial charge in [-0.25, -0.2) is 15.0 Å². The van der Waals surface area contributed by atoms with Gasteiger partial charge in [0.25, 0.3) is 11.9 Å². The lowest BCUT2D eigenvalue weighted by atomic mass is 9.99. The first-order valence-corrected chi connectivity index (χ1v) is 9.28. The van der Waals surface area contributed by atoms with Crippen molar-refractivity contribution in [1.82, 2.24) is 9.97 Å². The summed E-state index contributed by atoms with van der Waals surface area (Å²) in [6.45, 7) is 0. The molecule has 1 heterocycles. The molecule has 1 aromatic heterocycles. The second kappa shape index (κ2) is 9.71. The van der Waals surface area contributed by atoms with Crippen LogP contribution in [0, 0.1) is 0 Å². The Kier molecular flexibility index (Phi) is 6.82. The van der Waals surface area contributed by atoms with Crippen molar-refractivity contribution in [1.29, 1.82) is 0 Å². The molecule has 8 nitrogen and oxygen atoms in total. The topological polar surface area (TPSA) is 112 Å². The molecule has 0 aliphatic carbocycles. The van der Waals surface area contributed by atoms with Crippen LogP contribution in [-0.4, -0.2) is 36.1 Å². The molecule has 3 rings (SSSR count). The van der Waals surface area contributed by atoms with Crippen LogP contribution in [0.5, 0.6) is 5.88 Å². The van der Waals surface area contributed by atoms with Crippen molar-refractivity contribution in [2.75, 3.05) is 19.5 Å². The Labute approximate surface area is 178 Å². The number of aromatic nitrogens is 2. The summed E-state index contributed by atoms with van der Waals surface area (Å²) in [5, 5.41) is 3.42. The van der Waals surface area contributed by atoms with Gasteiger partial charge in [-0.15, -0.1) is 0 Å². The average molecular weight is 426 g/mol. The van der Waals surface area contributed by atoms with Crippen molar-refractivity contribution >= 4 is 29.2 Å². The number of carbonyl (C=O) groups excluding carboxylic acids is 1. The summed E-state index contributed by atoms with van der Waals surface area (Å²) in [5.74, 6) is -0.0711. The lowest BCUT2D eigenvalue weighted by molar-refractivity contribution is 0.102. The van der Waals surface area contributed by atoms with Crippen molar-refractivity contribution in [3.63, 3.8) is 0 Å². The molecule has 1 amide bonds. The lowest BCUT2D eigenvalue weighted by Gasteiger charge is -2.16. The summed E-state index contributed by atoms with van der Waals surface area (Å²) in [5.41, 5.74) is 8.20. The zero-order valence-electron chi connectivity index (χ0n) is 16.4. The third kappa shape index (κ3) is 5.24. The Morgan fingerprint density at radius 2 is 1.87 bits per heavy atom. The molecule has 2 aromatic carbocycles. The van der Waals surface area contributed by atoms with Gasteiger partial charge in [-0.2, -0.15) is 0 Å². The number of ether oxygens (including phenoxy) is 2. The number of anilines is 1. The number of nitrogens with zero attached hydrogens (tertiary/aromatic N) is 3. The number of amides is 1. The molecular weight excluding hydrogens is 406 g/mol. The second-order valence-electron chi connectivity index (χ2n) is 6.15. The van der Waals surface area contributed by atoms with E-state index in [2.05, 4.69) is 20.3 Å². The van der Waals surface area contributed by atoms with Crippen LogP contribution in [0.3, 0.4) is 0 Å². The van der Waals surface area contributed by atoms with Gasteiger partial charge in [0.1, 0.15) is 11.7 Å². The minimum Gasteiger partial charge on any atom is -0.480 e. The van der Waals surface area contributed by atoms with Crippen LogP contribution in [-0.2, 0) is 4.74 Å². The number of nitrogens with two attached hydrogens (primary N) is 1. The van der Waals surface area contributed by atoms with E-state index < -0.39 is 11.9 Å². The largest absolute Gasteiger partial charge is 0.480 e. The molecule has 0 fully saturated rings. The SMILES string of the molecule is COC(N)=NC(c1ccc(Cl)cc1)c1cccc(NC(=O)c2cnc(OC)cn2)c1. The van der Waals surface area contributed by atoms with Gasteiger partial charge in [0, 0.05) is 10.7 Å². The molecule has 3 N–H and O–H groups in total. The molecule has 9 heteroatoms. The predicted molar refractivity (Wildman–Crippen MR) is 115 cm³/mol. The predicted octanol–water partition coefficient (Wildman–Crippen LogP) is 3.44. The molecule has 154 valence electrons. The van der Waals surface area contributed by atoms with E-state index in [1.165, 1.54) is 26.6 Å². The van der Waals surface area contributed by atoms with E-state index in [1.807, 2.05) is 24.3 Å². The summed E-state index contributed by atoms with van der Waals surface area (Å²) in [7, 11) is 2.93. The summed E-state index contributed by atoms with van der Waals surface area (Å²) < 4.78 is 9.98. The maximum atomic E-state index is 12.5. The fraction of sp³-hybridized carbons (Fsp3) is 0.143. The van der Waals surface area contributed by atoms with Crippen molar-refractivity contribution in [3.05, 3.63) is 82.8 Å². The van der Waals surface area contributed by atoms with E-state index in [-0.39, 0.29) is 11.7 Å². The zero-order chi connectivity index (χ0) is 21.5. The first kappa shape index (κ1) is 21.1. The summed E-state index contributed by atoms with van der Waals surface area (Å²) in [6.07, 6.45) is 2.72. The van der Waals surface area contributed by atoms with E-state index in [0.29, 0.717) is 16.6 Å². The van der Waals surface area contributed by atoms with Crippen molar-refractivity contribution in [3.8, 4) is 5.88 Å². The first-order valence-electron chi connectivity index (χ1n) is 8.90. The minimum atomic E-state index is -0.445. The average Bonchev–Trinajstić information content (AvgIpc) is 2.78. The highest BCUT2D eigenvalue weighted by atomic mass is 35.5. The number of benzene rings is 2. The maximum absolute atomic E-state index is 12.5. The van der Waals surface area contributed by atoms with Crippen LogP contribution < -0.4 is 15.8 Å². The Bertz CT molecular complexity index is 1040. The van der Waals surface area contributed by atoms with Gasteiger partial charge in [0.05, 0.1) is 26.6 Å². The smallest absolute Gasteiger partial charge is 0.282 e. The molecule has 0 saturated carbocycles. The highest BCUT2D eigenvalue weighted by Gasteiger charge is 2.16. The van der Waals surface area contributed by atoms with E-state index in [4.69, 9.17) is 26.8 Å². The molecule has 30 heavy (non-hydrogen) atoms. The highest BCUT2D eigenvalue weighted by molar-refractivity contribution is 6.30. The van der Waals surface area contributed by atoms with Crippen LogP contribution in [0.25, 0.3) is 0 Å². The van der Waals surface area contributed by atoms with Crippen LogP contribution in [0.2, 0.25) is 5.02 Å². The fourth-order valence-electron chi connectivity index (χ4n) is 2.69. The van der Waals surface area contributed by atoms with Crippen LogP contribution >= 0.6 is 11.6 Å². The summed E-state index contributed by atoms with van der Waals surface area (Å²) >= 11 is 6.00.